The van der Waals surface area contributed by atoms with Gasteiger partial charge < -0.3 is 9.32 Å². The number of furan rings is 1. The Morgan fingerprint density at radius 3 is 1.73 bits per heavy atom. The van der Waals surface area contributed by atoms with Crippen LogP contribution >= 0.6 is 0 Å². The van der Waals surface area contributed by atoms with Crippen molar-refractivity contribution in [3.63, 3.8) is 0 Å². The molecule has 0 unspecified atom stereocenters. The first kappa shape index (κ1) is 33.4. The van der Waals surface area contributed by atoms with Gasteiger partial charge in [-0.1, -0.05) is 157 Å². The highest BCUT2D eigenvalue weighted by Gasteiger charge is 2.43. The first-order valence-electron chi connectivity index (χ1n) is 20.0. The quantitative estimate of drug-likeness (QED) is 0.167. The Hall–Kier alpha value is -5.90. The summed E-state index contributed by atoms with van der Waals surface area (Å²) >= 11 is 0. The van der Waals surface area contributed by atoms with Gasteiger partial charge in [-0.05, 0) is 102 Å². The average molecular weight is 740 g/mol. The van der Waals surface area contributed by atoms with Crippen LogP contribution in [0.25, 0.3) is 65.7 Å². The molecular weight excluding hydrogens is 695 g/mol. The Balaban J connectivity index is 1.19. The average Bonchev–Trinajstić information content (AvgIpc) is 3.77. The molecule has 0 spiro atoms. The van der Waals surface area contributed by atoms with Crippen LogP contribution in [0.1, 0.15) is 49.9 Å². The van der Waals surface area contributed by atoms with E-state index in [4.69, 9.17) is 4.42 Å². The van der Waals surface area contributed by atoms with Crippen molar-refractivity contribution < 1.29 is 4.42 Å². The number of rotatable bonds is 4. The van der Waals surface area contributed by atoms with Gasteiger partial charge in [-0.3, -0.25) is 0 Å². The van der Waals surface area contributed by atoms with E-state index < -0.39 is 8.07 Å². The van der Waals surface area contributed by atoms with Crippen molar-refractivity contribution in [1.29, 1.82) is 0 Å². The Morgan fingerprint density at radius 2 is 1.02 bits per heavy atom. The van der Waals surface area contributed by atoms with Crippen LogP contribution in [0.2, 0.25) is 19.6 Å². The Kier molecular flexibility index (Phi) is 6.77. The molecule has 56 heavy (non-hydrogen) atoms. The molecule has 2 nitrogen and oxygen atoms in total. The monoisotopic (exact) mass is 739 g/mol. The van der Waals surface area contributed by atoms with Gasteiger partial charge in [0.2, 0.25) is 0 Å². The summed E-state index contributed by atoms with van der Waals surface area (Å²) in [6, 6.07) is 54.4. The molecule has 0 radical (unpaired) electrons. The molecular formula is C53H45NOSi. The van der Waals surface area contributed by atoms with Crippen molar-refractivity contribution in [2.75, 3.05) is 4.90 Å². The zero-order chi connectivity index (χ0) is 38.3. The van der Waals surface area contributed by atoms with E-state index in [0.29, 0.717) is 0 Å². The Morgan fingerprint density at radius 1 is 0.446 bits per heavy atom. The van der Waals surface area contributed by atoms with Crippen LogP contribution in [0.3, 0.4) is 0 Å². The van der Waals surface area contributed by atoms with Crippen molar-refractivity contribution in [3.8, 4) is 22.3 Å². The third-order valence-corrected chi connectivity index (χ3v) is 15.2. The van der Waals surface area contributed by atoms with Crippen molar-refractivity contribution in [3.05, 3.63) is 168 Å². The third-order valence-electron chi connectivity index (χ3n) is 13.1. The fraction of sp³-hybridized carbons (Fsp3) is 0.170. The lowest BCUT2D eigenvalue weighted by atomic mass is 9.79. The molecule has 8 aromatic carbocycles. The van der Waals surface area contributed by atoms with Gasteiger partial charge in [-0.25, -0.2) is 0 Å². The second kappa shape index (κ2) is 11.3. The van der Waals surface area contributed by atoms with E-state index >= 15 is 0 Å². The number of nitrogens with zero attached hydrogens (tertiary/aromatic N) is 1. The lowest BCUT2D eigenvalue weighted by molar-refractivity contribution is 0.652. The topological polar surface area (TPSA) is 16.4 Å². The summed E-state index contributed by atoms with van der Waals surface area (Å²) in [5.74, 6) is 0. The molecule has 0 amide bonds. The number of para-hydroxylation sites is 3. The summed E-state index contributed by atoms with van der Waals surface area (Å²) in [5.41, 5.74) is 16.0. The highest BCUT2D eigenvalue weighted by molar-refractivity contribution is 6.90. The van der Waals surface area contributed by atoms with Gasteiger partial charge in [0.25, 0.3) is 0 Å². The highest BCUT2D eigenvalue weighted by atomic mass is 28.3. The largest absolute Gasteiger partial charge is 0.454 e. The van der Waals surface area contributed by atoms with Gasteiger partial charge in [0.05, 0.1) is 19.4 Å². The van der Waals surface area contributed by atoms with E-state index in [-0.39, 0.29) is 10.8 Å². The van der Waals surface area contributed by atoms with E-state index in [0.717, 1.165) is 33.6 Å². The van der Waals surface area contributed by atoms with Gasteiger partial charge in [0.1, 0.15) is 5.58 Å². The van der Waals surface area contributed by atoms with Crippen LogP contribution in [0, 0.1) is 0 Å². The molecule has 0 N–H and O–H groups in total. The van der Waals surface area contributed by atoms with Crippen molar-refractivity contribution in [1.82, 2.24) is 0 Å². The van der Waals surface area contributed by atoms with Crippen LogP contribution in [-0.4, -0.2) is 8.07 Å². The van der Waals surface area contributed by atoms with E-state index in [1.165, 1.54) is 76.6 Å². The fourth-order valence-corrected chi connectivity index (χ4v) is 11.8. The van der Waals surface area contributed by atoms with Crippen LogP contribution in [0.15, 0.2) is 150 Å². The van der Waals surface area contributed by atoms with Gasteiger partial charge in [0.15, 0.2) is 5.58 Å². The minimum Gasteiger partial charge on any atom is -0.454 e. The van der Waals surface area contributed by atoms with Gasteiger partial charge >= 0.3 is 0 Å². The minimum absolute atomic E-state index is 0.114. The second-order valence-electron chi connectivity index (χ2n) is 18.1. The number of hydrogen-bond acceptors (Lipinski definition) is 2. The van der Waals surface area contributed by atoms with Crippen LogP contribution in [-0.2, 0) is 10.8 Å². The van der Waals surface area contributed by atoms with Gasteiger partial charge in [0, 0.05) is 32.7 Å². The van der Waals surface area contributed by atoms with E-state index in [2.05, 4.69) is 198 Å². The molecule has 0 saturated carbocycles. The molecule has 2 aliphatic rings. The van der Waals surface area contributed by atoms with Gasteiger partial charge in [-0.15, -0.1) is 0 Å². The number of anilines is 3. The lowest BCUT2D eigenvalue weighted by Gasteiger charge is -2.29. The molecule has 0 aliphatic heterocycles. The number of fused-ring (bicyclic) bond motifs is 13. The summed E-state index contributed by atoms with van der Waals surface area (Å²) in [4.78, 5) is 2.45. The van der Waals surface area contributed by atoms with Crippen LogP contribution < -0.4 is 10.1 Å². The van der Waals surface area contributed by atoms with Crippen molar-refractivity contribution in [2.45, 2.75) is 58.2 Å². The molecule has 0 atom stereocenters. The lowest BCUT2D eigenvalue weighted by Crippen LogP contribution is -2.37. The van der Waals surface area contributed by atoms with Crippen LogP contribution in [0.5, 0.6) is 0 Å². The summed E-state index contributed by atoms with van der Waals surface area (Å²) in [5, 5.41) is 8.85. The summed E-state index contributed by atoms with van der Waals surface area (Å²) in [6.07, 6.45) is 0. The second-order valence-corrected chi connectivity index (χ2v) is 23.2. The molecule has 272 valence electrons. The zero-order valence-corrected chi connectivity index (χ0v) is 34.2. The molecule has 1 aromatic heterocycles. The van der Waals surface area contributed by atoms with Gasteiger partial charge in [-0.2, -0.15) is 0 Å². The Bertz CT molecular complexity index is 3120. The van der Waals surface area contributed by atoms with E-state index in [9.17, 15) is 0 Å². The molecule has 0 fully saturated rings. The summed E-state index contributed by atoms with van der Waals surface area (Å²) < 4.78 is 7.08. The Labute approximate surface area is 330 Å². The molecule has 1 heterocycles. The van der Waals surface area contributed by atoms with Crippen molar-refractivity contribution in [2.24, 2.45) is 0 Å². The number of benzene rings is 8. The van der Waals surface area contributed by atoms with E-state index in [1.807, 2.05) is 0 Å². The fourth-order valence-electron chi connectivity index (χ4n) is 10.3. The predicted octanol–water partition coefficient (Wildman–Crippen LogP) is 14.5. The smallest absolute Gasteiger partial charge is 0.159 e. The van der Waals surface area contributed by atoms with Crippen LogP contribution in [0.4, 0.5) is 17.1 Å². The maximum atomic E-state index is 7.08. The maximum absolute atomic E-state index is 7.08. The summed E-state index contributed by atoms with van der Waals surface area (Å²) in [6.45, 7) is 16.9. The maximum Gasteiger partial charge on any atom is 0.159 e. The molecule has 2 aliphatic carbocycles. The predicted molar refractivity (Wildman–Crippen MR) is 242 cm³/mol. The minimum atomic E-state index is -1.68. The van der Waals surface area contributed by atoms with E-state index in [1.54, 1.807) is 0 Å². The standard InChI is InChI=1S/C53H45NOSi/c1-52(2)41-28-27-32-17-11-12-20-34(32)48(41)39-29-43-40(30-42(39)52)49-36-22-14-13-21-35(36)46(31-44(49)53(43,3)4)54(33-18-9-8-10-19-33)45-25-15-23-37-38-24-16-26-47(56(5,6)7)51(38)55-50(37)45/h8-31H,1-7H3. The number of hydrogen-bond donors (Lipinski definition) is 0. The normalized spacial score (nSPS) is 15.0. The third kappa shape index (κ3) is 4.44. The van der Waals surface area contributed by atoms with Crippen molar-refractivity contribution >= 4 is 73.8 Å². The molecule has 9 aromatic rings. The summed E-state index contributed by atoms with van der Waals surface area (Å²) in [7, 11) is -1.68. The first-order chi connectivity index (χ1) is 26.9. The SMILES string of the molecule is CC1(C)c2cc3c(cc2-c2c1ccc1ccccc21)C(C)(C)c1cc(N(c2ccccc2)c2cccc4c2oc2c([Si](C)(C)C)cccc24)c2ccccc2c1-3. The molecule has 11 rings (SSSR count). The molecule has 3 heteroatoms. The molecule has 0 bridgehead atoms. The first-order valence-corrected chi connectivity index (χ1v) is 23.5. The highest BCUT2D eigenvalue weighted by Crippen LogP contribution is 2.60. The zero-order valence-electron chi connectivity index (χ0n) is 33.2. The molecule has 0 saturated heterocycles.